The Morgan fingerprint density at radius 2 is 0.861 bits per heavy atom. The average Bonchev–Trinajstić information content (AvgIpc) is 2.66. The van der Waals surface area contributed by atoms with Gasteiger partial charge in [-0.25, -0.2) is 0 Å². The Bertz CT molecular complexity index is 626. The van der Waals surface area contributed by atoms with Gasteiger partial charge in [-0.3, -0.25) is 0 Å². The van der Waals surface area contributed by atoms with Crippen molar-refractivity contribution in [2.24, 2.45) is 0 Å². The van der Waals surface area contributed by atoms with Crippen LogP contribution in [0.1, 0.15) is 0 Å². The predicted octanol–water partition coefficient (Wildman–Crippen LogP) is -20.7. The Labute approximate surface area is 292 Å². The molecule has 0 spiro atoms. The summed E-state index contributed by atoms with van der Waals surface area (Å²) in [7, 11) is -11.4. The molecule has 18 nitrogen and oxygen atoms in total. The number of hydrogen-bond acceptors (Lipinski definition) is 18. The van der Waals surface area contributed by atoms with Crippen molar-refractivity contribution < 1.29 is 206 Å². The summed E-state index contributed by atoms with van der Waals surface area (Å²) in [6.45, 7) is -1.33. The zero-order chi connectivity index (χ0) is 25.0. The van der Waals surface area contributed by atoms with Gasteiger partial charge in [-0.15, -0.1) is 0 Å². The first-order valence-electron chi connectivity index (χ1n) is 8.54. The Morgan fingerprint density at radius 3 is 1.06 bits per heavy atom. The van der Waals surface area contributed by atoms with Gasteiger partial charge in [0.05, 0.1) is 28.9 Å². The summed E-state index contributed by atoms with van der Waals surface area (Å²) in [6.07, 6.45) is -15.6. The van der Waals surface area contributed by atoms with Gasteiger partial charge in [0, 0.05) is 0 Å². The van der Waals surface area contributed by atoms with Crippen molar-refractivity contribution >= 4 is 15.6 Å². The fourth-order valence-corrected chi connectivity index (χ4v) is 3.59. The minimum atomic E-state index is -5.68. The summed E-state index contributed by atoms with van der Waals surface area (Å²) in [5.74, 6) is 0. The molecule has 0 aromatic carbocycles. The summed E-state index contributed by atoms with van der Waals surface area (Å²) < 4.78 is 36.5. The van der Waals surface area contributed by atoms with Crippen LogP contribution in [-0.2, 0) is 27.7 Å². The maximum absolute atomic E-state index is 9.84. The third-order valence-corrected chi connectivity index (χ3v) is 5.77. The number of aliphatic hydroxyl groups is 8. The van der Waals surface area contributed by atoms with Gasteiger partial charge in [0.2, 0.25) is 0 Å². The van der Waals surface area contributed by atoms with Crippen molar-refractivity contribution in [2.45, 2.75) is 61.4 Å². The summed E-state index contributed by atoms with van der Waals surface area (Å²) in [5.41, 5.74) is 0. The molecule has 0 bridgehead atoms. The van der Waals surface area contributed by atoms with Crippen molar-refractivity contribution in [1.82, 2.24) is 0 Å². The molecule has 2 heterocycles. The van der Waals surface area contributed by atoms with Crippen LogP contribution < -0.4 is 138 Å². The Kier molecular flexibility index (Phi) is 26.9. The second-order valence-corrected chi connectivity index (χ2v) is 8.95. The van der Waals surface area contributed by atoms with Crippen molar-refractivity contribution in [3.05, 3.63) is 0 Å². The summed E-state index contributed by atoms with van der Waals surface area (Å²) in [6, 6.07) is 0. The first kappa shape index (κ1) is 46.8. The molecular weight excluding hydrogens is 586 g/mol. The standard InChI is InChI=1S/C12H22O11.4Na.H4O7P2/c13-1-3-5(15)7(17)9(19)11(21-3)23-12-10(20)8(18)6(16)4(2-14)22-12;;;;;1-8(2,3)7-9(4,5)6/h3-20H,1-2H2;;;;;(H2,1,2,3)(H2,4,5,6)/q;4*+1;/p-4/t3-,4-,5-,6-,7+,8+,9-,10-,11-,12-;;;;;/m1...../s1. The van der Waals surface area contributed by atoms with Gasteiger partial charge >= 0.3 is 118 Å². The molecule has 36 heavy (non-hydrogen) atoms. The molecule has 2 saturated heterocycles. The van der Waals surface area contributed by atoms with Crippen LogP contribution in [0.3, 0.4) is 0 Å². The van der Waals surface area contributed by atoms with E-state index in [-0.39, 0.29) is 118 Å². The molecule has 8 N–H and O–H groups in total. The monoisotopic (exact) mass is 608 g/mol. The molecular formula is C12H22Na4O18P2. The van der Waals surface area contributed by atoms with E-state index in [0.717, 1.165) is 0 Å². The van der Waals surface area contributed by atoms with E-state index in [0.29, 0.717) is 0 Å². The van der Waals surface area contributed by atoms with Crippen LogP contribution in [0.25, 0.3) is 0 Å². The SMILES string of the molecule is O=P([O-])([O-])OP(=O)([O-])[O-].OC[C@H]1O[C@H](O[C@H]2O[C@H](CO)[C@@H](O)[C@H](O)[C@H]2O)[C@H](O)[C@@H](O)[C@@H]1O.[Na+].[Na+].[Na+].[Na+]. The molecule has 2 rings (SSSR count). The maximum Gasteiger partial charge on any atom is 1.00 e. The third-order valence-electron chi connectivity index (χ3n) is 4.17. The molecule has 0 radical (unpaired) electrons. The number of aliphatic hydroxyl groups excluding tert-OH is 8. The molecule has 0 aromatic heterocycles. The van der Waals surface area contributed by atoms with Crippen LogP contribution >= 0.6 is 15.6 Å². The fraction of sp³-hybridized carbons (Fsp3) is 1.00. The zero-order valence-electron chi connectivity index (χ0n) is 19.7. The molecule has 0 amide bonds. The first-order chi connectivity index (χ1) is 14.5. The van der Waals surface area contributed by atoms with Crippen LogP contribution in [0.4, 0.5) is 0 Å². The molecule has 0 saturated carbocycles. The number of ether oxygens (including phenoxy) is 3. The van der Waals surface area contributed by atoms with Crippen LogP contribution in [0.5, 0.6) is 0 Å². The fourth-order valence-electron chi connectivity index (χ4n) is 2.61. The van der Waals surface area contributed by atoms with E-state index in [9.17, 15) is 59.3 Å². The van der Waals surface area contributed by atoms with E-state index in [1.807, 2.05) is 0 Å². The smallest absolute Gasteiger partial charge is 0.790 e. The minimum Gasteiger partial charge on any atom is -0.790 e. The van der Waals surface area contributed by atoms with Gasteiger partial charge in [-0.05, 0) is 0 Å². The van der Waals surface area contributed by atoms with E-state index in [4.69, 9.17) is 24.4 Å². The Balaban J connectivity index is -0.000000343. The van der Waals surface area contributed by atoms with Crippen LogP contribution in [-0.4, -0.2) is 115 Å². The molecule has 2 aliphatic rings. The second-order valence-electron chi connectivity index (χ2n) is 6.51. The molecule has 2 aliphatic heterocycles. The van der Waals surface area contributed by atoms with E-state index in [2.05, 4.69) is 4.31 Å². The van der Waals surface area contributed by atoms with E-state index in [1.165, 1.54) is 0 Å². The molecule has 192 valence electrons. The molecule has 24 heteroatoms. The number of rotatable bonds is 6. The van der Waals surface area contributed by atoms with Gasteiger partial charge in [0.15, 0.2) is 12.6 Å². The summed E-state index contributed by atoms with van der Waals surface area (Å²) in [5, 5.41) is 76.4. The summed E-state index contributed by atoms with van der Waals surface area (Å²) in [4.78, 5) is 37.3. The predicted molar refractivity (Wildman–Crippen MR) is 84.9 cm³/mol. The largest absolute Gasteiger partial charge is 1.00 e. The van der Waals surface area contributed by atoms with Crippen LogP contribution in [0.15, 0.2) is 0 Å². The van der Waals surface area contributed by atoms with E-state index < -0.39 is 90.3 Å². The normalized spacial score (nSPS) is 36.4. The molecule has 0 aliphatic carbocycles. The van der Waals surface area contributed by atoms with Crippen LogP contribution in [0, 0.1) is 0 Å². The molecule has 0 aromatic rings. The van der Waals surface area contributed by atoms with Gasteiger partial charge in [-0.2, -0.15) is 0 Å². The number of phosphoric acid groups is 2. The minimum absolute atomic E-state index is 0. The van der Waals surface area contributed by atoms with Gasteiger partial charge in [0.1, 0.15) is 48.8 Å². The Morgan fingerprint density at radius 1 is 0.583 bits per heavy atom. The van der Waals surface area contributed by atoms with Gasteiger partial charge in [-0.1, -0.05) is 0 Å². The van der Waals surface area contributed by atoms with Crippen molar-refractivity contribution in [3.63, 3.8) is 0 Å². The topological polar surface area (TPSA) is 325 Å². The number of hydrogen-bond donors (Lipinski definition) is 8. The Hall–Kier alpha value is 3.82. The van der Waals surface area contributed by atoms with E-state index in [1.54, 1.807) is 0 Å². The van der Waals surface area contributed by atoms with Crippen molar-refractivity contribution in [3.8, 4) is 0 Å². The quantitative estimate of drug-likeness (QED) is 0.102. The van der Waals surface area contributed by atoms with Crippen LogP contribution in [0.2, 0.25) is 0 Å². The maximum atomic E-state index is 9.84. The first-order valence-corrected chi connectivity index (χ1v) is 11.5. The average molecular weight is 608 g/mol. The second kappa shape index (κ2) is 20.7. The van der Waals surface area contributed by atoms with Gasteiger partial charge < -0.3 is 88.1 Å². The molecule has 2 fully saturated rings. The third kappa shape index (κ3) is 15.3. The van der Waals surface area contributed by atoms with Crippen molar-refractivity contribution in [2.75, 3.05) is 13.2 Å². The summed E-state index contributed by atoms with van der Waals surface area (Å²) >= 11 is 0. The molecule has 0 unspecified atom stereocenters. The van der Waals surface area contributed by atoms with Crippen molar-refractivity contribution in [1.29, 1.82) is 0 Å². The van der Waals surface area contributed by atoms with Gasteiger partial charge in [0.25, 0.3) is 0 Å². The van der Waals surface area contributed by atoms with E-state index >= 15 is 0 Å². The zero-order valence-corrected chi connectivity index (χ0v) is 29.5. The molecule has 10 atom stereocenters.